The molecule has 0 radical (unpaired) electrons. The molecule has 0 saturated carbocycles. The van der Waals surface area contributed by atoms with Gasteiger partial charge in [-0.3, -0.25) is 0 Å². The fraction of sp³-hybridized carbons (Fsp3) is 1.00. The van der Waals surface area contributed by atoms with E-state index >= 15 is 0 Å². The van der Waals surface area contributed by atoms with Crippen molar-refractivity contribution in [2.45, 2.75) is 32.4 Å². The minimum absolute atomic E-state index is 0.505. The van der Waals surface area contributed by atoms with E-state index in [0.717, 1.165) is 0 Å². The Balaban J connectivity index is 3.09. The van der Waals surface area contributed by atoms with E-state index in [1.54, 1.807) is 0 Å². The molecule has 0 aliphatic carbocycles. The van der Waals surface area contributed by atoms with Crippen LogP contribution in [-0.4, -0.2) is 20.3 Å². The summed E-state index contributed by atoms with van der Waals surface area (Å²) in [7, 11) is 3.97. The third kappa shape index (κ3) is 4.43. The molecule has 2 nitrogen and oxygen atoms in total. The van der Waals surface area contributed by atoms with Crippen molar-refractivity contribution in [1.29, 1.82) is 0 Å². The maximum atomic E-state index is 3.18. The molecular weight excluding hydrogens is 112 g/mol. The van der Waals surface area contributed by atoms with Crippen LogP contribution in [0, 0.1) is 0 Å². The first-order chi connectivity index (χ1) is 4.35. The number of rotatable bonds is 5. The van der Waals surface area contributed by atoms with E-state index in [0.29, 0.717) is 6.17 Å². The van der Waals surface area contributed by atoms with Crippen molar-refractivity contribution in [2.75, 3.05) is 14.1 Å². The van der Waals surface area contributed by atoms with Crippen molar-refractivity contribution in [3.05, 3.63) is 0 Å². The molecule has 9 heavy (non-hydrogen) atoms. The second-order valence-electron chi connectivity index (χ2n) is 2.27. The van der Waals surface area contributed by atoms with E-state index in [9.17, 15) is 0 Å². The highest BCUT2D eigenvalue weighted by atomic mass is 15.1. The Morgan fingerprint density at radius 1 is 1.22 bits per heavy atom. The van der Waals surface area contributed by atoms with Gasteiger partial charge in [0.15, 0.2) is 0 Å². The Bertz CT molecular complexity index is 50.9. The molecule has 0 unspecified atom stereocenters. The summed E-state index contributed by atoms with van der Waals surface area (Å²) in [5.74, 6) is 0. The standard InChI is InChI=1S/C7H18N2/c1-4-5-6-7(8-2)9-3/h7-9H,4-6H2,1-3H3. The largest absolute Gasteiger partial charge is 0.305 e. The molecule has 0 saturated heterocycles. The summed E-state index contributed by atoms with van der Waals surface area (Å²) >= 11 is 0. The summed E-state index contributed by atoms with van der Waals surface area (Å²) in [5.41, 5.74) is 0. The van der Waals surface area contributed by atoms with E-state index in [1.165, 1.54) is 19.3 Å². The zero-order chi connectivity index (χ0) is 7.11. The lowest BCUT2D eigenvalue weighted by atomic mass is 10.2. The van der Waals surface area contributed by atoms with Crippen molar-refractivity contribution in [3.63, 3.8) is 0 Å². The summed E-state index contributed by atoms with van der Waals surface area (Å²) in [6, 6.07) is 0. The molecular formula is C7H18N2. The molecule has 0 aliphatic rings. The molecule has 0 aromatic carbocycles. The molecule has 0 bridgehead atoms. The fourth-order valence-electron chi connectivity index (χ4n) is 0.841. The minimum Gasteiger partial charge on any atom is -0.305 e. The summed E-state index contributed by atoms with van der Waals surface area (Å²) < 4.78 is 0. The first kappa shape index (κ1) is 8.92. The van der Waals surface area contributed by atoms with Crippen molar-refractivity contribution in [2.24, 2.45) is 0 Å². The zero-order valence-electron chi connectivity index (χ0n) is 6.70. The molecule has 0 spiro atoms. The predicted molar refractivity (Wildman–Crippen MR) is 41.4 cm³/mol. The topological polar surface area (TPSA) is 24.1 Å². The van der Waals surface area contributed by atoms with Crippen LogP contribution in [0.3, 0.4) is 0 Å². The van der Waals surface area contributed by atoms with E-state index in [-0.39, 0.29) is 0 Å². The Hall–Kier alpha value is -0.0800. The van der Waals surface area contributed by atoms with Crippen LogP contribution >= 0.6 is 0 Å². The van der Waals surface area contributed by atoms with Gasteiger partial charge in [-0.05, 0) is 20.5 Å². The van der Waals surface area contributed by atoms with Gasteiger partial charge in [-0.25, -0.2) is 0 Å². The highest BCUT2D eigenvalue weighted by Gasteiger charge is 1.98. The number of hydrogen-bond acceptors (Lipinski definition) is 2. The SMILES string of the molecule is CCCCC(NC)NC. The maximum absolute atomic E-state index is 3.18. The minimum atomic E-state index is 0.505. The molecule has 56 valence electrons. The zero-order valence-corrected chi connectivity index (χ0v) is 6.70. The summed E-state index contributed by atoms with van der Waals surface area (Å²) in [5, 5.41) is 6.35. The third-order valence-corrected chi connectivity index (χ3v) is 1.54. The normalized spacial score (nSPS) is 10.7. The van der Waals surface area contributed by atoms with Gasteiger partial charge in [-0.2, -0.15) is 0 Å². The average Bonchev–Trinajstić information content (AvgIpc) is 1.91. The quantitative estimate of drug-likeness (QED) is 0.541. The van der Waals surface area contributed by atoms with E-state index in [1.807, 2.05) is 14.1 Å². The van der Waals surface area contributed by atoms with Crippen LogP contribution in [0.4, 0.5) is 0 Å². The molecule has 0 amide bonds. The summed E-state index contributed by atoms with van der Waals surface area (Å²) in [4.78, 5) is 0. The van der Waals surface area contributed by atoms with E-state index in [4.69, 9.17) is 0 Å². The number of hydrogen-bond donors (Lipinski definition) is 2. The van der Waals surface area contributed by atoms with Crippen LogP contribution in [-0.2, 0) is 0 Å². The van der Waals surface area contributed by atoms with Gasteiger partial charge in [-0.15, -0.1) is 0 Å². The van der Waals surface area contributed by atoms with Gasteiger partial charge in [0.05, 0.1) is 6.17 Å². The Labute approximate surface area is 58.0 Å². The highest BCUT2D eigenvalue weighted by Crippen LogP contribution is 1.95. The van der Waals surface area contributed by atoms with Crippen LogP contribution in [0.25, 0.3) is 0 Å². The van der Waals surface area contributed by atoms with E-state index < -0.39 is 0 Å². The van der Waals surface area contributed by atoms with E-state index in [2.05, 4.69) is 17.6 Å². The molecule has 2 heteroatoms. The van der Waals surface area contributed by atoms with Gasteiger partial charge in [0.25, 0.3) is 0 Å². The van der Waals surface area contributed by atoms with Crippen molar-refractivity contribution in [1.82, 2.24) is 10.6 Å². The van der Waals surface area contributed by atoms with Gasteiger partial charge < -0.3 is 10.6 Å². The monoisotopic (exact) mass is 130 g/mol. The summed E-state index contributed by atoms with van der Waals surface area (Å²) in [6.45, 7) is 2.21. The second kappa shape index (κ2) is 6.05. The van der Waals surface area contributed by atoms with Crippen LogP contribution in [0.5, 0.6) is 0 Å². The molecule has 0 fully saturated rings. The molecule has 2 N–H and O–H groups in total. The molecule has 0 aromatic heterocycles. The van der Waals surface area contributed by atoms with Crippen molar-refractivity contribution < 1.29 is 0 Å². The number of nitrogens with one attached hydrogen (secondary N) is 2. The Morgan fingerprint density at radius 2 is 1.78 bits per heavy atom. The molecule has 0 aliphatic heterocycles. The van der Waals surface area contributed by atoms with Gasteiger partial charge >= 0.3 is 0 Å². The van der Waals surface area contributed by atoms with Crippen LogP contribution < -0.4 is 10.6 Å². The third-order valence-electron chi connectivity index (χ3n) is 1.54. The first-order valence-corrected chi connectivity index (χ1v) is 3.69. The highest BCUT2D eigenvalue weighted by molar-refractivity contribution is 4.56. The van der Waals surface area contributed by atoms with Gasteiger partial charge in [-0.1, -0.05) is 19.8 Å². The fourth-order valence-corrected chi connectivity index (χ4v) is 0.841. The van der Waals surface area contributed by atoms with Gasteiger partial charge in [0, 0.05) is 0 Å². The van der Waals surface area contributed by atoms with Crippen LogP contribution in [0.2, 0.25) is 0 Å². The van der Waals surface area contributed by atoms with Crippen molar-refractivity contribution >= 4 is 0 Å². The Kier molecular flexibility index (Phi) is 5.99. The van der Waals surface area contributed by atoms with Gasteiger partial charge in [0.2, 0.25) is 0 Å². The lowest BCUT2D eigenvalue weighted by Crippen LogP contribution is -2.37. The maximum Gasteiger partial charge on any atom is 0.0566 e. The molecule has 0 rings (SSSR count). The lowest BCUT2D eigenvalue weighted by Gasteiger charge is -2.13. The van der Waals surface area contributed by atoms with Crippen LogP contribution in [0.15, 0.2) is 0 Å². The average molecular weight is 130 g/mol. The lowest BCUT2D eigenvalue weighted by molar-refractivity contribution is 0.447. The summed E-state index contributed by atoms with van der Waals surface area (Å²) in [6.07, 6.45) is 4.31. The first-order valence-electron chi connectivity index (χ1n) is 3.69. The smallest absolute Gasteiger partial charge is 0.0566 e. The predicted octanol–water partition coefficient (Wildman–Crippen LogP) is 0.942. The molecule has 0 atom stereocenters. The Morgan fingerprint density at radius 3 is 2.11 bits per heavy atom. The van der Waals surface area contributed by atoms with Crippen LogP contribution in [0.1, 0.15) is 26.2 Å². The second-order valence-corrected chi connectivity index (χ2v) is 2.27. The molecule has 0 aromatic rings. The number of unbranched alkanes of at least 4 members (excludes halogenated alkanes) is 1. The van der Waals surface area contributed by atoms with Gasteiger partial charge in [0.1, 0.15) is 0 Å². The van der Waals surface area contributed by atoms with Crippen molar-refractivity contribution in [3.8, 4) is 0 Å². The molecule has 0 heterocycles.